The number of rotatable bonds is 1. The van der Waals surface area contributed by atoms with Gasteiger partial charge in [0.05, 0.1) is 6.61 Å². The van der Waals surface area contributed by atoms with Crippen molar-refractivity contribution < 1.29 is 9.84 Å². The number of ether oxygens (including phenoxy) is 1. The van der Waals surface area contributed by atoms with Crippen LogP contribution in [0.15, 0.2) is 0 Å². The monoisotopic (exact) mass is 159 g/mol. The Bertz CT molecular complexity index is 117. The Balaban J connectivity index is 2.39. The summed E-state index contributed by atoms with van der Waals surface area (Å²) in [6, 6.07) is 0.506. The minimum absolute atomic E-state index is 0.506. The van der Waals surface area contributed by atoms with Crippen LogP contribution in [0.2, 0.25) is 0 Å². The van der Waals surface area contributed by atoms with E-state index >= 15 is 0 Å². The predicted molar refractivity (Wildman–Crippen MR) is 43.3 cm³/mol. The number of hydrogen-bond acceptors (Lipinski definition) is 3. The fraction of sp³-hybridized carbons (Fsp3) is 1.00. The van der Waals surface area contributed by atoms with E-state index < -0.39 is 6.29 Å². The summed E-state index contributed by atoms with van der Waals surface area (Å²) in [5.41, 5.74) is 0. The van der Waals surface area contributed by atoms with Crippen molar-refractivity contribution in [1.29, 1.82) is 0 Å². The van der Waals surface area contributed by atoms with Crippen LogP contribution < -0.4 is 0 Å². The van der Waals surface area contributed by atoms with Crippen LogP contribution in [-0.4, -0.2) is 42.0 Å². The van der Waals surface area contributed by atoms with E-state index in [2.05, 4.69) is 18.7 Å². The SMILES string of the molecule is CC(C)N1CCCO[C@@H](O)C1. The van der Waals surface area contributed by atoms with Crippen LogP contribution in [0.3, 0.4) is 0 Å². The molecule has 0 spiro atoms. The van der Waals surface area contributed by atoms with Crippen molar-refractivity contribution in [3.8, 4) is 0 Å². The first-order valence-corrected chi connectivity index (χ1v) is 4.24. The van der Waals surface area contributed by atoms with E-state index in [1.807, 2.05) is 0 Å². The Hall–Kier alpha value is -0.120. The number of β-amino-alcohol motifs (C(OH)–C–C–N with tert-alkyl or cyclic N) is 1. The average Bonchev–Trinajstić information content (AvgIpc) is 2.13. The molecule has 1 fully saturated rings. The van der Waals surface area contributed by atoms with Crippen molar-refractivity contribution >= 4 is 0 Å². The standard InChI is InChI=1S/C8H17NO2/c1-7(2)9-4-3-5-11-8(10)6-9/h7-8,10H,3-6H2,1-2H3/t8-/m1/s1. The smallest absolute Gasteiger partial charge is 0.167 e. The van der Waals surface area contributed by atoms with Gasteiger partial charge in [0, 0.05) is 19.1 Å². The topological polar surface area (TPSA) is 32.7 Å². The molecule has 0 unspecified atom stereocenters. The van der Waals surface area contributed by atoms with E-state index in [0.717, 1.165) is 13.0 Å². The summed E-state index contributed by atoms with van der Waals surface area (Å²) in [5.74, 6) is 0. The van der Waals surface area contributed by atoms with E-state index in [1.165, 1.54) is 0 Å². The Morgan fingerprint density at radius 2 is 2.27 bits per heavy atom. The van der Waals surface area contributed by atoms with Crippen molar-refractivity contribution in [2.24, 2.45) is 0 Å². The van der Waals surface area contributed by atoms with E-state index in [0.29, 0.717) is 19.2 Å². The maximum atomic E-state index is 9.24. The Labute approximate surface area is 68.0 Å². The second-order valence-electron chi connectivity index (χ2n) is 3.27. The van der Waals surface area contributed by atoms with Crippen LogP contribution in [0.5, 0.6) is 0 Å². The number of nitrogens with zero attached hydrogens (tertiary/aromatic N) is 1. The Morgan fingerprint density at radius 1 is 1.55 bits per heavy atom. The molecular weight excluding hydrogens is 142 g/mol. The van der Waals surface area contributed by atoms with Gasteiger partial charge in [-0.05, 0) is 20.3 Å². The molecule has 1 aliphatic heterocycles. The quantitative estimate of drug-likeness (QED) is 0.602. The minimum Gasteiger partial charge on any atom is -0.367 e. The van der Waals surface area contributed by atoms with Gasteiger partial charge in [0.15, 0.2) is 6.29 Å². The van der Waals surface area contributed by atoms with Gasteiger partial charge in [-0.15, -0.1) is 0 Å². The molecule has 0 amide bonds. The molecule has 0 aromatic heterocycles. The third-order valence-corrected chi connectivity index (χ3v) is 2.02. The first-order chi connectivity index (χ1) is 5.20. The van der Waals surface area contributed by atoms with Gasteiger partial charge in [0.25, 0.3) is 0 Å². The summed E-state index contributed by atoms with van der Waals surface area (Å²) in [6.45, 7) is 6.65. The number of aliphatic hydroxyl groups excluding tert-OH is 1. The van der Waals surface area contributed by atoms with Gasteiger partial charge in [0.1, 0.15) is 0 Å². The van der Waals surface area contributed by atoms with Gasteiger partial charge in [-0.2, -0.15) is 0 Å². The van der Waals surface area contributed by atoms with Crippen LogP contribution in [0.25, 0.3) is 0 Å². The summed E-state index contributed by atoms with van der Waals surface area (Å²) in [7, 11) is 0. The predicted octanol–water partition coefficient (Wildman–Crippen LogP) is 0.435. The minimum atomic E-state index is -0.583. The van der Waals surface area contributed by atoms with Gasteiger partial charge in [-0.1, -0.05) is 0 Å². The summed E-state index contributed by atoms with van der Waals surface area (Å²) in [5, 5.41) is 9.24. The summed E-state index contributed by atoms with van der Waals surface area (Å²) in [6.07, 6.45) is 0.440. The summed E-state index contributed by atoms with van der Waals surface area (Å²) in [4.78, 5) is 2.23. The van der Waals surface area contributed by atoms with Gasteiger partial charge < -0.3 is 9.84 Å². The molecule has 0 aromatic rings. The molecular formula is C8H17NO2. The first-order valence-electron chi connectivity index (χ1n) is 4.24. The number of aliphatic hydroxyl groups is 1. The zero-order chi connectivity index (χ0) is 8.27. The molecule has 0 saturated carbocycles. The molecule has 1 aliphatic rings. The van der Waals surface area contributed by atoms with Crippen molar-refractivity contribution in [2.45, 2.75) is 32.6 Å². The second kappa shape index (κ2) is 4.04. The molecule has 3 heteroatoms. The second-order valence-corrected chi connectivity index (χ2v) is 3.27. The largest absolute Gasteiger partial charge is 0.367 e. The molecule has 1 saturated heterocycles. The van der Waals surface area contributed by atoms with E-state index in [9.17, 15) is 5.11 Å². The van der Waals surface area contributed by atoms with Crippen LogP contribution >= 0.6 is 0 Å². The van der Waals surface area contributed by atoms with Crippen LogP contribution in [0.4, 0.5) is 0 Å². The lowest BCUT2D eigenvalue weighted by molar-refractivity contribution is -0.100. The van der Waals surface area contributed by atoms with Gasteiger partial charge in [-0.25, -0.2) is 0 Å². The van der Waals surface area contributed by atoms with Crippen molar-refractivity contribution in [1.82, 2.24) is 4.90 Å². The fourth-order valence-electron chi connectivity index (χ4n) is 1.30. The first kappa shape index (κ1) is 8.97. The van der Waals surface area contributed by atoms with Crippen LogP contribution in [-0.2, 0) is 4.74 Å². The molecule has 1 atom stereocenters. The highest BCUT2D eigenvalue weighted by Gasteiger charge is 2.17. The maximum Gasteiger partial charge on any atom is 0.167 e. The lowest BCUT2D eigenvalue weighted by atomic mass is 10.3. The molecule has 1 N–H and O–H groups in total. The Kier molecular flexibility index (Phi) is 3.30. The van der Waals surface area contributed by atoms with E-state index in [1.54, 1.807) is 0 Å². The van der Waals surface area contributed by atoms with Crippen molar-refractivity contribution in [3.05, 3.63) is 0 Å². The Morgan fingerprint density at radius 3 is 2.91 bits per heavy atom. The molecule has 0 bridgehead atoms. The van der Waals surface area contributed by atoms with Crippen LogP contribution in [0, 0.1) is 0 Å². The summed E-state index contributed by atoms with van der Waals surface area (Å²) >= 11 is 0. The van der Waals surface area contributed by atoms with Gasteiger partial charge >= 0.3 is 0 Å². The molecule has 3 nitrogen and oxygen atoms in total. The fourth-order valence-corrected chi connectivity index (χ4v) is 1.30. The highest BCUT2D eigenvalue weighted by atomic mass is 16.6. The molecule has 66 valence electrons. The summed E-state index contributed by atoms with van der Waals surface area (Å²) < 4.78 is 5.10. The van der Waals surface area contributed by atoms with E-state index in [4.69, 9.17) is 4.74 Å². The number of hydrogen-bond donors (Lipinski definition) is 1. The normalized spacial score (nSPS) is 28.9. The lowest BCUT2D eigenvalue weighted by Crippen LogP contribution is -2.36. The zero-order valence-electron chi connectivity index (χ0n) is 7.29. The molecule has 0 radical (unpaired) electrons. The third-order valence-electron chi connectivity index (χ3n) is 2.02. The molecule has 1 heterocycles. The molecule has 1 rings (SSSR count). The highest BCUT2D eigenvalue weighted by Crippen LogP contribution is 2.06. The van der Waals surface area contributed by atoms with Gasteiger partial charge in [0.2, 0.25) is 0 Å². The van der Waals surface area contributed by atoms with E-state index in [-0.39, 0.29) is 0 Å². The average molecular weight is 159 g/mol. The van der Waals surface area contributed by atoms with Crippen molar-refractivity contribution in [2.75, 3.05) is 19.7 Å². The molecule has 0 aliphatic carbocycles. The maximum absolute atomic E-state index is 9.24. The molecule has 0 aromatic carbocycles. The lowest BCUT2D eigenvalue weighted by Gasteiger charge is -2.24. The third kappa shape index (κ3) is 2.77. The molecule has 11 heavy (non-hydrogen) atoms. The van der Waals surface area contributed by atoms with Crippen LogP contribution in [0.1, 0.15) is 20.3 Å². The highest BCUT2D eigenvalue weighted by molar-refractivity contribution is 4.66. The van der Waals surface area contributed by atoms with Crippen molar-refractivity contribution in [3.63, 3.8) is 0 Å². The van der Waals surface area contributed by atoms with Gasteiger partial charge in [-0.3, -0.25) is 4.90 Å². The zero-order valence-corrected chi connectivity index (χ0v) is 7.29.